The lowest BCUT2D eigenvalue weighted by Gasteiger charge is -2.13. The molecule has 0 aliphatic carbocycles. The molecule has 0 aliphatic heterocycles. The Kier molecular flexibility index (Phi) is 5.53. The second kappa shape index (κ2) is 8.18. The topological polar surface area (TPSA) is 116 Å². The minimum absolute atomic E-state index is 0.150. The molecule has 4 aromatic rings. The number of aromatic carboxylic acids is 1. The summed E-state index contributed by atoms with van der Waals surface area (Å²) in [5.41, 5.74) is -1.08. The van der Waals surface area contributed by atoms with Crippen molar-refractivity contribution in [3.8, 4) is 5.69 Å². The third kappa shape index (κ3) is 3.55. The highest BCUT2D eigenvalue weighted by Gasteiger charge is 2.19. The van der Waals surface area contributed by atoms with Gasteiger partial charge >= 0.3 is 17.4 Å². The van der Waals surface area contributed by atoms with E-state index in [1.807, 2.05) is 0 Å². The predicted octanol–water partition coefficient (Wildman–Crippen LogP) is 2.98. The summed E-state index contributed by atoms with van der Waals surface area (Å²) in [4.78, 5) is 49.6. The summed E-state index contributed by atoms with van der Waals surface area (Å²) in [5, 5.41) is 9.90. The van der Waals surface area contributed by atoms with Crippen molar-refractivity contribution in [1.82, 2.24) is 13.7 Å². The number of hydrogen-bond acceptors (Lipinski definition) is 5. The molecule has 0 unspecified atom stereocenters. The number of nitrogens with zero attached hydrogens (tertiary/aromatic N) is 3. The van der Waals surface area contributed by atoms with E-state index < -0.39 is 28.5 Å². The monoisotopic (exact) mass is 475 g/mol. The molecule has 0 saturated heterocycles. The van der Waals surface area contributed by atoms with Crippen LogP contribution in [0, 0.1) is 0 Å². The molecular weight excluding hydrogens is 461 g/mol. The number of carboxylic acid groups (broad SMARTS) is 1. The molecule has 164 valence electrons. The molecule has 0 saturated carbocycles. The molecule has 0 atom stereocenters. The van der Waals surface area contributed by atoms with E-state index in [1.165, 1.54) is 16.7 Å². The summed E-state index contributed by atoms with van der Waals surface area (Å²) in [5.74, 6) is -2.06. The lowest BCUT2D eigenvalue weighted by atomic mass is 10.2. The molecule has 9 nitrogen and oxygen atoms in total. The number of aryl methyl sites for hydroxylation is 1. The van der Waals surface area contributed by atoms with E-state index in [0.29, 0.717) is 17.6 Å². The molecule has 11 heteroatoms. The zero-order chi connectivity index (χ0) is 23.2. The van der Waals surface area contributed by atoms with Crippen LogP contribution in [0.3, 0.4) is 0 Å². The number of hydrogen-bond donors (Lipinski definition) is 1. The van der Waals surface area contributed by atoms with E-state index in [-0.39, 0.29) is 27.9 Å². The number of fused-ring (bicyclic) bond motifs is 1. The molecule has 32 heavy (non-hydrogen) atoms. The van der Waals surface area contributed by atoms with Crippen LogP contribution >= 0.6 is 23.2 Å². The Hall–Kier alpha value is -3.56. The van der Waals surface area contributed by atoms with Gasteiger partial charge in [0.25, 0.3) is 5.56 Å². The zero-order valence-corrected chi connectivity index (χ0v) is 18.1. The molecule has 2 aromatic carbocycles. The minimum atomic E-state index is -1.50. The van der Waals surface area contributed by atoms with Gasteiger partial charge in [-0.05, 0) is 30.7 Å². The maximum Gasteiger partial charge on any atom is 0.419 e. The van der Waals surface area contributed by atoms with Gasteiger partial charge in [0.1, 0.15) is 5.56 Å². The first-order valence-electron chi connectivity index (χ1n) is 9.39. The van der Waals surface area contributed by atoms with Gasteiger partial charge in [-0.2, -0.15) is 0 Å². The van der Waals surface area contributed by atoms with Crippen LogP contribution in [0.1, 0.15) is 22.8 Å². The molecule has 0 amide bonds. The number of benzene rings is 2. The lowest BCUT2D eigenvalue weighted by Crippen LogP contribution is -2.42. The predicted molar refractivity (Wildman–Crippen MR) is 119 cm³/mol. The van der Waals surface area contributed by atoms with Crippen LogP contribution in [0.25, 0.3) is 16.8 Å². The van der Waals surface area contributed by atoms with E-state index in [9.17, 15) is 24.3 Å². The van der Waals surface area contributed by atoms with E-state index >= 15 is 0 Å². The zero-order valence-electron chi connectivity index (χ0n) is 16.5. The Bertz CT molecular complexity index is 1560. The van der Waals surface area contributed by atoms with Crippen molar-refractivity contribution in [2.45, 2.75) is 20.0 Å². The molecule has 0 radical (unpaired) electrons. The van der Waals surface area contributed by atoms with Crippen LogP contribution in [-0.4, -0.2) is 24.8 Å². The standard InChI is InChI=1S/C21H15Cl2N3O6/c1-2-24-15-7-6-12(8-16(15)32-21(24)31)25-10-13(19(28)29)18(27)26(20(25)30)9-11-4-3-5-14(22)17(11)23/h3-8,10H,2,9H2,1H3,(H,28,29). The Labute approximate surface area is 189 Å². The molecule has 0 spiro atoms. The first-order chi connectivity index (χ1) is 15.2. The first-order valence-corrected chi connectivity index (χ1v) is 10.1. The van der Waals surface area contributed by atoms with Crippen molar-refractivity contribution in [3.63, 3.8) is 0 Å². The molecule has 1 N–H and O–H groups in total. The van der Waals surface area contributed by atoms with Crippen LogP contribution in [0.4, 0.5) is 0 Å². The van der Waals surface area contributed by atoms with Gasteiger partial charge in [-0.3, -0.25) is 18.5 Å². The van der Waals surface area contributed by atoms with Gasteiger partial charge in [-0.25, -0.2) is 14.4 Å². The van der Waals surface area contributed by atoms with Gasteiger partial charge in [0.2, 0.25) is 0 Å². The second-order valence-corrected chi connectivity index (χ2v) is 7.65. The van der Waals surface area contributed by atoms with Crippen molar-refractivity contribution in [1.29, 1.82) is 0 Å². The molecule has 0 fully saturated rings. The Morgan fingerprint density at radius 2 is 1.84 bits per heavy atom. The van der Waals surface area contributed by atoms with Gasteiger partial charge in [0.15, 0.2) is 5.58 Å². The van der Waals surface area contributed by atoms with Crippen LogP contribution in [-0.2, 0) is 13.1 Å². The quantitative estimate of drug-likeness (QED) is 0.474. The third-order valence-electron chi connectivity index (χ3n) is 5.01. The van der Waals surface area contributed by atoms with Crippen molar-refractivity contribution in [2.75, 3.05) is 0 Å². The number of halogens is 2. The van der Waals surface area contributed by atoms with Gasteiger partial charge < -0.3 is 9.52 Å². The van der Waals surface area contributed by atoms with E-state index in [2.05, 4.69) is 0 Å². The summed E-state index contributed by atoms with van der Waals surface area (Å²) in [6, 6.07) is 9.26. The summed E-state index contributed by atoms with van der Waals surface area (Å²) >= 11 is 12.2. The van der Waals surface area contributed by atoms with Gasteiger partial charge in [0, 0.05) is 18.8 Å². The summed E-state index contributed by atoms with van der Waals surface area (Å²) in [7, 11) is 0. The van der Waals surface area contributed by atoms with Crippen molar-refractivity contribution in [2.24, 2.45) is 0 Å². The average molecular weight is 476 g/mol. The van der Waals surface area contributed by atoms with E-state index in [4.69, 9.17) is 27.6 Å². The number of rotatable bonds is 5. The van der Waals surface area contributed by atoms with Gasteiger partial charge in [-0.15, -0.1) is 0 Å². The third-order valence-corrected chi connectivity index (χ3v) is 5.87. The lowest BCUT2D eigenvalue weighted by molar-refractivity contribution is 0.0693. The first kappa shape index (κ1) is 21.7. The maximum atomic E-state index is 13.2. The summed E-state index contributed by atoms with van der Waals surface area (Å²) in [6.07, 6.45) is 0.944. The number of carboxylic acids is 1. The fourth-order valence-corrected chi connectivity index (χ4v) is 3.80. The van der Waals surface area contributed by atoms with Crippen molar-refractivity contribution < 1.29 is 14.3 Å². The fourth-order valence-electron chi connectivity index (χ4n) is 3.42. The van der Waals surface area contributed by atoms with Gasteiger partial charge in [0.05, 0.1) is 27.8 Å². The summed E-state index contributed by atoms with van der Waals surface area (Å²) in [6.45, 7) is 1.88. The molecule has 2 heterocycles. The highest BCUT2D eigenvalue weighted by atomic mass is 35.5. The van der Waals surface area contributed by atoms with Crippen LogP contribution < -0.4 is 17.0 Å². The Morgan fingerprint density at radius 1 is 1.09 bits per heavy atom. The molecule has 2 aromatic heterocycles. The number of oxazole rings is 1. The van der Waals surface area contributed by atoms with E-state index in [1.54, 1.807) is 31.2 Å². The average Bonchev–Trinajstić information content (AvgIpc) is 3.07. The molecule has 0 bridgehead atoms. The number of aromatic nitrogens is 3. The Morgan fingerprint density at radius 3 is 2.53 bits per heavy atom. The number of carbonyl (C=O) groups is 1. The fraction of sp³-hybridized carbons (Fsp3) is 0.143. The summed E-state index contributed by atoms with van der Waals surface area (Å²) < 4.78 is 8.40. The SMILES string of the molecule is CCn1c(=O)oc2cc(-n3cc(C(=O)O)c(=O)n(Cc4cccc(Cl)c4Cl)c3=O)ccc21. The van der Waals surface area contributed by atoms with Crippen LogP contribution in [0.15, 0.2) is 61.4 Å². The van der Waals surface area contributed by atoms with Crippen molar-refractivity contribution >= 4 is 40.3 Å². The Balaban J connectivity index is 1.95. The van der Waals surface area contributed by atoms with Crippen LogP contribution in [0.5, 0.6) is 0 Å². The van der Waals surface area contributed by atoms with Crippen LogP contribution in [0.2, 0.25) is 10.0 Å². The molecule has 0 aliphatic rings. The second-order valence-electron chi connectivity index (χ2n) is 6.87. The minimum Gasteiger partial charge on any atom is -0.477 e. The largest absolute Gasteiger partial charge is 0.477 e. The highest BCUT2D eigenvalue weighted by Crippen LogP contribution is 2.25. The smallest absolute Gasteiger partial charge is 0.419 e. The highest BCUT2D eigenvalue weighted by molar-refractivity contribution is 6.42. The normalized spacial score (nSPS) is 11.2. The molecular formula is C21H15Cl2N3O6. The van der Waals surface area contributed by atoms with Crippen molar-refractivity contribution in [3.05, 3.63) is 95.2 Å². The molecule has 4 rings (SSSR count). The maximum absolute atomic E-state index is 13.2. The van der Waals surface area contributed by atoms with Gasteiger partial charge in [-0.1, -0.05) is 35.3 Å². The van der Waals surface area contributed by atoms with E-state index in [0.717, 1.165) is 15.3 Å².